The quantitative estimate of drug-likeness (QED) is 0.578. The molecule has 2 aliphatic rings. The number of benzene rings is 1. The Morgan fingerprint density at radius 2 is 1.94 bits per heavy atom. The molecule has 5 rings (SSSR count). The monoisotopic (exact) mass is 453 g/mol. The van der Waals surface area contributed by atoms with Gasteiger partial charge in [0, 0.05) is 50.5 Å². The third kappa shape index (κ3) is 4.99. The number of hydrogen-bond donors (Lipinski definition) is 1. The summed E-state index contributed by atoms with van der Waals surface area (Å²) in [6, 6.07) is 12.8. The molecule has 0 radical (unpaired) electrons. The molecular weight excluding hydrogens is 422 g/mol. The number of nitrogens with one attached hydrogen (secondary N) is 1. The minimum absolute atomic E-state index is 0.428. The topological polar surface area (TPSA) is 54.7 Å². The van der Waals surface area contributed by atoms with Crippen molar-refractivity contribution < 1.29 is 4.74 Å². The van der Waals surface area contributed by atoms with E-state index in [1.54, 1.807) is 0 Å². The van der Waals surface area contributed by atoms with Crippen molar-refractivity contribution in [3.8, 4) is 0 Å². The fourth-order valence-electron chi connectivity index (χ4n) is 5.08. The molecule has 32 heavy (non-hydrogen) atoms. The van der Waals surface area contributed by atoms with Crippen molar-refractivity contribution in [2.75, 3.05) is 32.8 Å². The maximum Gasteiger partial charge on any atom is 0.161 e. The predicted octanol–water partition coefficient (Wildman–Crippen LogP) is 4.28. The summed E-state index contributed by atoms with van der Waals surface area (Å²) in [4.78, 5) is 7.20. The molecule has 4 heterocycles. The number of ether oxygens (including phenoxy) is 1. The van der Waals surface area contributed by atoms with Crippen LogP contribution in [0.2, 0.25) is 5.15 Å². The second-order valence-corrected chi connectivity index (χ2v) is 9.48. The zero-order chi connectivity index (χ0) is 21.8. The van der Waals surface area contributed by atoms with Crippen molar-refractivity contribution in [3.05, 3.63) is 64.6 Å². The molecule has 6 nitrogen and oxygen atoms in total. The molecule has 170 valence electrons. The summed E-state index contributed by atoms with van der Waals surface area (Å²) in [6.45, 7) is 6.58. The first kappa shape index (κ1) is 21.8. The summed E-state index contributed by atoms with van der Waals surface area (Å²) in [5.74, 6) is 1.10. The van der Waals surface area contributed by atoms with Gasteiger partial charge < -0.3 is 10.1 Å². The third-order valence-electron chi connectivity index (χ3n) is 6.84. The molecule has 2 aromatic heterocycles. The van der Waals surface area contributed by atoms with Crippen LogP contribution >= 0.6 is 11.6 Å². The highest BCUT2D eigenvalue weighted by Crippen LogP contribution is 2.30. The van der Waals surface area contributed by atoms with E-state index in [-0.39, 0.29) is 0 Å². The number of hydrogen-bond acceptors (Lipinski definition) is 5. The molecule has 1 N–H and O–H groups in total. The maximum atomic E-state index is 6.59. The van der Waals surface area contributed by atoms with Gasteiger partial charge in [0.2, 0.25) is 0 Å². The second kappa shape index (κ2) is 10.3. The maximum absolute atomic E-state index is 6.59. The summed E-state index contributed by atoms with van der Waals surface area (Å²) in [5.41, 5.74) is 4.46. The van der Waals surface area contributed by atoms with Crippen molar-refractivity contribution in [2.45, 2.75) is 44.7 Å². The molecule has 1 atom stereocenters. The van der Waals surface area contributed by atoms with E-state index in [2.05, 4.69) is 51.6 Å². The normalized spacial score (nSPS) is 20.7. The van der Waals surface area contributed by atoms with Crippen molar-refractivity contribution in [1.82, 2.24) is 24.8 Å². The number of aromatic nitrogens is 3. The molecule has 2 aliphatic heterocycles. The molecule has 2 saturated heterocycles. The largest absolute Gasteiger partial charge is 0.381 e. The van der Waals surface area contributed by atoms with E-state index in [0.29, 0.717) is 23.5 Å². The molecule has 0 bridgehead atoms. The van der Waals surface area contributed by atoms with Crippen LogP contribution in [0.5, 0.6) is 0 Å². The lowest BCUT2D eigenvalue weighted by atomic mass is 9.94. The number of rotatable bonds is 7. The van der Waals surface area contributed by atoms with E-state index in [1.165, 1.54) is 24.1 Å². The van der Waals surface area contributed by atoms with E-state index in [1.807, 2.05) is 10.7 Å². The van der Waals surface area contributed by atoms with Gasteiger partial charge in [0.25, 0.3) is 0 Å². The van der Waals surface area contributed by atoms with Gasteiger partial charge in [-0.3, -0.25) is 4.90 Å². The summed E-state index contributed by atoms with van der Waals surface area (Å²) >= 11 is 6.59. The minimum atomic E-state index is 0.428. The van der Waals surface area contributed by atoms with Gasteiger partial charge in [-0.25, -0.2) is 9.50 Å². The first-order valence-electron chi connectivity index (χ1n) is 11.8. The summed E-state index contributed by atoms with van der Waals surface area (Å²) in [6.07, 6.45) is 6.52. The molecular formula is C25H32ClN5O. The molecule has 2 fully saturated rings. The predicted molar refractivity (Wildman–Crippen MR) is 127 cm³/mol. The van der Waals surface area contributed by atoms with Gasteiger partial charge in [0.15, 0.2) is 10.8 Å². The molecule has 1 aromatic carbocycles. The van der Waals surface area contributed by atoms with E-state index in [0.717, 1.165) is 63.4 Å². The first-order chi connectivity index (χ1) is 15.8. The SMILES string of the molecule is Clc1nn2c([C@@H]3CCCN(Cc4ccccc4)C3)ccnc2c1CNCC1CCOCC1. The Bertz CT molecular complexity index is 1020. The van der Waals surface area contributed by atoms with Crippen molar-refractivity contribution in [2.24, 2.45) is 5.92 Å². The molecule has 0 spiro atoms. The highest BCUT2D eigenvalue weighted by atomic mass is 35.5. The Kier molecular flexibility index (Phi) is 7.03. The van der Waals surface area contributed by atoms with E-state index in [4.69, 9.17) is 21.4 Å². The average Bonchev–Trinajstić information content (AvgIpc) is 3.16. The van der Waals surface area contributed by atoms with Gasteiger partial charge in [-0.1, -0.05) is 41.9 Å². The van der Waals surface area contributed by atoms with E-state index < -0.39 is 0 Å². The van der Waals surface area contributed by atoms with Gasteiger partial charge in [0.1, 0.15) is 0 Å². The summed E-state index contributed by atoms with van der Waals surface area (Å²) < 4.78 is 7.46. The highest BCUT2D eigenvalue weighted by Gasteiger charge is 2.25. The highest BCUT2D eigenvalue weighted by molar-refractivity contribution is 6.30. The van der Waals surface area contributed by atoms with Crippen LogP contribution in [0.25, 0.3) is 5.65 Å². The Morgan fingerprint density at radius 1 is 1.09 bits per heavy atom. The van der Waals surface area contributed by atoms with Crippen LogP contribution in [0.15, 0.2) is 42.6 Å². The minimum Gasteiger partial charge on any atom is -0.381 e. The van der Waals surface area contributed by atoms with Crippen LogP contribution < -0.4 is 5.32 Å². The standard InChI is InChI=1S/C25H32ClN5O/c26-24-22(16-27-15-19-9-13-32-14-10-19)25-28-11-8-23(31(25)29-24)21-7-4-12-30(18-21)17-20-5-2-1-3-6-20/h1-3,5-6,8,11,19,21,27H,4,7,9-10,12-18H2/t21-/m1/s1. The zero-order valence-corrected chi connectivity index (χ0v) is 19.3. The summed E-state index contributed by atoms with van der Waals surface area (Å²) in [7, 11) is 0. The molecule has 0 saturated carbocycles. The Hall–Kier alpha value is -1.99. The number of halogens is 1. The van der Waals surface area contributed by atoms with Gasteiger partial charge in [-0.2, -0.15) is 5.10 Å². The smallest absolute Gasteiger partial charge is 0.161 e. The fourth-order valence-corrected chi connectivity index (χ4v) is 5.30. The Balaban J connectivity index is 1.29. The average molecular weight is 454 g/mol. The molecule has 7 heteroatoms. The van der Waals surface area contributed by atoms with Gasteiger partial charge in [-0.15, -0.1) is 0 Å². The van der Waals surface area contributed by atoms with Crippen LogP contribution in [-0.2, 0) is 17.8 Å². The molecule has 0 unspecified atom stereocenters. The van der Waals surface area contributed by atoms with Crippen molar-refractivity contribution >= 4 is 17.2 Å². The van der Waals surface area contributed by atoms with Gasteiger partial charge >= 0.3 is 0 Å². The lowest BCUT2D eigenvalue weighted by Gasteiger charge is -2.33. The summed E-state index contributed by atoms with van der Waals surface area (Å²) in [5, 5.41) is 8.84. The molecule has 0 amide bonds. The second-order valence-electron chi connectivity index (χ2n) is 9.12. The number of fused-ring (bicyclic) bond motifs is 1. The van der Waals surface area contributed by atoms with Crippen LogP contribution in [-0.4, -0.2) is 52.3 Å². The third-order valence-corrected chi connectivity index (χ3v) is 7.15. The lowest BCUT2D eigenvalue weighted by molar-refractivity contribution is 0.0662. The number of likely N-dealkylation sites (tertiary alicyclic amines) is 1. The zero-order valence-electron chi connectivity index (χ0n) is 18.5. The Morgan fingerprint density at radius 3 is 2.78 bits per heavy atom. The van der Waals surface area contributed by atoms with Crippen molar-refractivity contribution in [3.63, 3.8) is 0 Å². The van der Waals surface area contributed by atoms with E-state index in [9.17, 15) is 0 Å². The lowest BCUT2D eigenvalue weighted by Crippen LogP contribution is -2.34. The van der Waals surface area contributed by atoms with Gasteiger partial charge in [-0.05, 0) is 56.3 Å². The van der Waals surface area contributed by atoms with Crippen molar-refractivity contribution in [1.29, 1.82) is 0 Å². The van der Waals surface area contributed by atoms with Crippen LogP contribution in [0.4, 0.5) is 0 Å². The molecule has 3 aromatic rings. The van der Waals surface area contributed by atoms with E-state index >= 15 is 0 Å². The fraction of sp³-hybridized carbons (Fsp3) is 0.520. The Labute approximate surface area is 194 Å². The van der Waals surface area contributed by atoms with Crippen LogP contribution in [0, 0.1) is 5.92 Å². The van der Waals surface area contributed by atoms with Crippen LogP contribution in [0.1, 0.15) is 48.4 Å². The molecule has 0 aliphatic carbocycles. The number of piperidine rings is 1. The number of nitrogens with zero attached hydrogens (tertiary/aromatic N) is 4. The first-order valence-corrected chi connectivity index (χ1v) is 12.2. The van der Waals surface area contributed by atoms with Crippen LogP contribution in [0.3, 0.4) is 0 Å². The van der Waals surface area contributed by atoms with Gasteiger partial charge in [0.05, 0.1) is 5.69 Å².